The summed E-state index contributed by atoms with van der Waals surface area (Å²) in [5.41, 5.74) is 6.44. The zero-order chi connectivity index (χ0) is 15.0. The lowest BCUT2D eigenvalue weighted by Crippen LogP contribution is -2.34. The second-order valence-electron chi connectivity index (χ2n) is 4.03. The summed E-state index contributed by atoms with van der Waals surface area (Å²) in [4.78, 5) is 23.1. The molecule has 0 saturated carbocycles. The van der Waals surface area contributed by atoms with Crippen molar-refractivity contribution < 1.29 is 14.3 Å². The molecule has 1 rings (SSSR count). The van der Waals surface area contributed by atoms with Crippen LogP contribution in [0.1, 0.15) is 6.92 Å². The highest BCUT2D eigenvalue weighted by Gasteiger charge is 2.06. The number of methoxy groups -OCH3 is 1. The maximum atomic E-state index is 11.6. The summed E-state index contributed by atoms with van der Waals surface area (Å²) >= 11 is 1.34. The largest absolute Gasteiger partial charge is 0.497 e. The molecule has 0 saturated heterocycles. The highest BCUT2D eigenvalue weighted by molar-refractivity contribution is 8.00. The van der Waals surface area contributed by atoms with Gasteiger partial charge in [0.1, 0.15) is 5.75 Å². The van der Waals surface area contributed by atoms with Gasteiger partial charge in [-0.05, 0) is 18.2 Å². The van der Waals surface area contributed by atoms with Gasteiger partial charge in [-0.25, -0.2) is 0 Å². The first kappa shape index (κ1) is 16.2. The maximum Gasteiger partial charge on any atom is 0.230 e. The number of carbonyl (C=O) groups is 2. The van der Waals surface area contributed by atoms with Gasteiger partial charge in [-0.2, -0.15) is 0 Å². The van der Waals surface area contributed by atoms with Crippen LogP contribution in [0.2, 0.25) is 0 Å². The fraction of sp³-hybridized carbons (Fsp3) is 0.385. The van der Waals surface area contributed by atoms with Crippen molar-refractivity contribution in [1.29, 1.82) is 0 Å². The molecule has 1 aromatic carbocycles. The molecule has 0 unspecified atom stereocenters. The highest BCUT2D eigenvalue weighted by atomic mass is 32.2. The fourth-order valence-corrected chi connectivity index (χ4v) is 2.22. The Hall–Kier alpha value is -1.89. The molecule has 0 aromatic heterocycles. The average Bonchev–Trinajstić information content (AvgIpc) is 2.42. The Morgan fingerprint density at radius 3 is 2.65 bits per heavy atom. The molecular formula is C13H19N3O3S. The van der Waals surface area contributed by atoms with Crippen molar-refractivity contribution in [3.05, 3.63) is 18.2 Å². The normalized spacial score (nSPS) is 9.90. The van der Waals surface area contributed by atoms with E-state index in [4.69, 9.17) is 10.5 Å². The second kappa shape index (κ2) is 8.31. The van der Waals surface area contributed by atoms with E-state index in [1.807, 2.05) is 0 Å². The van der Waals surface area contributed by atoms with E-state index in [0.717, 1.165) is 4.90 Å². The van der Waals surface area contributed by atoms with Crippen LogP contribution in [-0.4, -0.2) is 37.8 Å². The van der Waals surface area contributed by atoms with Crippen molar-refractivity contribution in [2.75, 3.05) is 31.7 Å². The molecule has 0 heterocycles. The van der Waals surface area contributed by atoms with Crippen LogP contribution in [0.25, 0.3) is 0 Å². The predicted molar refractivity (Wildman–Crippen MR) is 79.8 cm³/mol. The third-order valence-corrected chi connectivity index (χ3v) is 3.47. The number of hydrogen-bond acceptors (Lipinski definition) is 5. The lowest BCUT2D eigenvalue weighted by atomic mass is 10.3. The molecule has 0 atom stereocenters. The van der Waals surface area contributed by atoms with Crippen LogP contribution in [-0.2, 0) is 9.59 Å². The van der Waals surface area contributed by atoms with Gasteiger partial charge in [0.25, 0.3) is 0 Å². The van der Waals surface area contributed by atoms with Crippen LogP contribution in [0.15, 0.2) is 23.1 Å². The maximum absolute atomic E-state index is 11.6. The summed E-state index contributed by atoms with van der Waals surface area (Å²) < 4.78 is 5.11. The van der Waals surface area contributed by atoms with E-state index in [1.165, 1.54) is 18.7 Å². The van der Waals surface area contributed by atoms with Gasteiger partial charge in [0.05, 0.1) is 12.9 Å². The molecule has 0 spiro atoms. The molecule has 110 valence electrons. The van der Waals surface area contributed by atoms with Crippen LogP contribution in [0, 0.1) is 0 Å². The number of nitrogen functional groups attached to an aromatic ring is 1. The average molecular weight is 297 g/mol. The van der Waals surface area contributed by atoms with Crippen molar-refractivity contribution in [1.82, 2.24) is 10.6 Å². The first-order valence-corrected chi connectivity index (χ1v) is 7.09. The molecule has 0 fully saturated rings. The third kappa shape index (κ3) is 5.83. The summed E-state index contributed by atoms with van der Waals surface area (Å²) in [5, 5.41) is 5.31. The van der Waals surface area contributed by atoms with Crippen LogP contribution < -0.4 is 21.1 Å². The quantitative estimate of drug-likeness (QED) is 0.390. The molecule has 0 aliphatic rings. The molecule has 0 radical (unpaired) electrons. The Morgan fingerprint density at radius 1 is 1.30 bits per heavy atom. The number of thioether (sulfide) groups is 1. The number of hydrogen-bond donors (Lipinski definition) is 3. The first-order chi connectivity index (χ1) is 9.52. The van der Waals surface area contributed by atoms with Crippen LogP contribution >= 0.6 is 11.8 Å². The Morgan fingerprint density at radius 2 is 2.00 bits per heavy atom. The number of anilines is 1. The zero-order valence-electron chi connectivity index (χ0n) is 11.6. The van der Waals surface area contributed by atoms with E-state index in [2.05, 4.69) is 10.6 Å². The van der Waals surface area contributed by atoms with Crippen molar-refractivity contribution in [3.8, 4) is 5.75 Å². The minimum Gasteiger partial charge on any atom is -0.497 e. The van der Waals surface area contributed by atoms with Crippen LogP contribution in [0.3, 0.4) is 0 Å². The zero-order valence-corrected chi connectivity index (χ0v) is 12.4. The second-order valence-corrected chi connectivity index (χ2v) is 5.04. The van der Waals surface area contributed by atoms with E-state index >= 15 is 0 Å². The molecule has 7 heteroatoms. The fourth-order valence-electron chi connectivity index (χ4n) is 1.40. The SMILES string of the molecule is COc1ccc(N)c(SCC(=O)NCCNC(C)=O)c1. The molecular weight excluding hydrogens is 278 g/mol. The Bertz CT molecular complexity index is 480. The van der Waals surface area contributed by atoms with Crippen molar-refractivity contribution in [2.45, 2.75) is 11.8 Å². The Kier molecular flexibility index (Phi) is 6.72. The van der Waals surface area contributed by atoms with E-state index in [1.54, 1.807) is 25.3 Å². The number of rotatable bonds is 7. The third-order valence-electron chi connectivity index (χ3n) is 2.40. The molecule has 0 aliphatic carbocycles. The lowest BCUT2D eigenvalue weighted by molar-refractivity contribution is -0.120. The number of nitrogens with two attached hydrogens (primary N) is 1. The van der Waals surface area contributed by atoms with Gasteiger partial charge < -0.3 is 21.1 Å². The van der Waals surface area contributed by atoms with Gasteiger partial charge in [0.2, 0.25) is 11.8 Å². The first-order valence-electron chi connectivity index (χ1n) is 6.10. The predicted octanol–water partition coefficient (Wildman–Crippen LogP) is 0.622. The molecule has 2 amide bonds. The number of ether oxygens (including phenoxy) is 1. The summed E-state index contributed by atoms with van der Waals surface area (Å²) in [7, 11) is 1.58. The van der Waals surface area contributed by atoms with Crippen molar-refractivity contribution in [3.63, 3.8) is 0 Å². The number of nitrogens with one attached hydrogen (secondary N) is 2. The summed E-state index contributed by atoms with van der Waals surface area (Å²) in [6.07, 6.45) is 0. The molecule has 0 bridgehead atoms. The van der Waals surface area contributed by atoms with Gasteiger partial charge in [0.15, 0.2) is 0 Å². The standard InChI is InChI=1S/C13H19N3O3S/c1-9(17)15-5-6-16-13(18)8-20-12-7-10(19-2)3-4-11(12)14/h3-4,7H,5-6,8,14H2,1-2H3,(H,15,17)(H,16,18). The highest BCUT2D eigenvalue weighted by Crippen LogP contribution is 2.28. The smallest absolute Gasteiger partial charge is 0.230 e. The van der Waals surface area contributed by atoms with E-state index in [-0.39, 0.29) is 17.6 Å². The number of carbonyl (C=O) groups excluding carboxylic acids is 2. The number of amides is 2. The Balaban J connectivity index is 2.35. The van der Waals surface area contributed by atoms with Gasteiger partial charge >= 0.3 is 0 Å². The summed E-state index contributed by atoms with van der Waals surface area (Å²) in [6.45, 7) is 2.27. The molecule has 4 N–H and O–H groups in total. The van der Waals surface area contributed by atoms with Crippen LogP contribution in [0.4, 0.5) is 5.69 Å². The van der Waals surface area contributed by atoms with Crippen molar-refractivity contribution >= 4 is 29.3 Å². The van der Waals surface area contributed by atoms with Crippen molar-refractivity contribution in [2.24, 2.45) is 0 Å². The lowest BCUT2D eigenvalue weighted by Gasteiger charge is -2.08. The minimum absolute atomic E-state index is 0.109. The molecule has 6 nitrogen and oxygen atoms in total. The summed E-state index contributed by atoms with van der Waals surface area (Å²) in [6, 6.07) is 5.31. The van der Waals surface area contributed by atoms with Gasteiger partial charge in [-0.1, -0.05) is 0 Å². The molecule has 1 aromatic rings. The van der Waals surface area contributed by atoms with E-state index in [0.29, 0.717) is 24.5 Å². The van der Waals surface area contributed by atoms with Gasteiger partial charge in [0, 0.05) is 30.6 Å². The number of benzene rings is 1. The van der Waals surface area contributed by atoms with E-state index in [9.17, 15) is 9.59 Å². The monoisotopic (exact) mass is 297 g/mol. The molecule has 20 heavy (non-hydrogen) atoms. The van der Waals surface area contributed by atoms with E-state index < -0.39 is 0 Å². The Labute approximate surface area is 122 Å². The minimum atomic E-state index is -0.113. The van der Waals surface area contributed by atoms with Crippen LogP contribution in [0.5, 0.6) is 5.75 Å². The topological polar surface area (TPSA) is 93.4 Å². The summed E-state index contributed by atoms with van der Waals surface area (Å²) in [5.74, 6) is 0.741. The van der Waals surface area contributed by atoms with Gasteiger partial charge in [-0.15, -0.1) is 11.8 Å². The van der Waals surface area contributed by atoms with Gasteiger partial charge in [-0.3, -0.25) is 9.59 Å². The molecule has 0 aliphatic heterocycles.